The van der Waals surface area contributed by atoms with E-state index in [0.717, 1.165) is 10.6 Å². The zero-order chi connectivity index (χ0) is 13.1. The number of hydrogen-bond acceptors (Lipinski definition) is 5. The molecule has 0 aromatic carbocycles. The molecule has 5 nitrogen and oxygen atoms in total. The largest absolute Gasteiger partial charge is 0.290 e. The summed E-state index contributed by atoms with van der Waals surface area (Å²) in [4.78, 5) is 17.3. The lowest BCUT2D eigenvalue weighted by Crippen LogP contribution is -2.30. The fraction of sp³-hybridized carbons (Fsp3) is 0.333. The first kappa shape index (κ1) is 12.6. The molecule has 0 atom stereocenters. The minimum atomic E-state index is -0.0525. The van der Waals surface area contributed by atoms with E-state index in [4.69, 9.17) is 0 Å². The lowest BCUT2D eigenvalue weighted by Gasteiger charge is -2.14. The molecule has 2 heterocycles. The third-order valence-corrected chi connectivity index (χ3v) is 3.50. The summed E-state index contributed by atoms with van der Waals surface area (Å²) < 4.78 is 0. The molecule has 0 radical (unpaired) electrons. The zero-order valence-corrected chi connectivity index (χ0v) is 11.3. The Hall–Kier alpha value is -1.82. The molecule has 94 valence electrons. The van der Waals surface area contributed by atoms with E-state index in [1.165, 1.54) is 11.3 Å². The van der Waals surface area contributed by atoms with Crippen molar-refractivity contribution in [1.82, 2.24) is 15.2 Å². The minimum Gasteiger partial charge on any atom is -0.290 e. The van der Waals surface area contributed by atoms with E-state index in [1.807, 2.05) is 26.0 Å². The minimum absolute atomic E-state index is 0.0347. The van der Waals surface area contributed by atoms with Crippen molar-refractivity contribution < 1.29 is 4.79 Å². The summed E-state index contributed by atoms with van der Waals surface area (Å²) in [7, 11) is 1.72. The van der Waals surface area contributed by atoms with E-state index in [9.17, 15) is 4.79 Å². The molecule has 0 saturated carbocycles. The Morgan fingerprint density at radius 3 is 2.56 bits per heavy atom. The van der Waals surface area contributed by atoms with Crippen molar-refractivity contribution in [3.05, 3.63) is 24.5 Å². The maximum atomic E-state index is 11.8. The third kappa shape index (κ3) is 2.53. The highest BCUT2D eigenvalue weighted by molar-refractivity contribution is 7.18. The summed E-state index contributed by atoms with van der Waals surface area (Å²) in [6.45, 7) is 3.73. The summed E-state index contributed by atoms with van der Waals surface area (Å²) >= 11 is 1.39. The van der Waals surface area contributed by atoms with E-state index in [0.29, 0.717) is 5.13 Å². The fourth-order valence-electron chi connectivity index (χ4n) is 1.44. The summed E-state index contributed by atoms with van der Waals surface area (Å²) in [5.41, 5.74) is 0.958. The summed E-state index contributed by atoms with van der Waals surface area (Å²) in [6.07, 6.45) is 3.42. The normalized spacial score (nSPS) is 10.7. The maximum Gasteiger partial charge on any atom is 0.231 e. The lowest BCUT2D eigenvalue weighted by molar-refractivity contribution is -0.121. The van der Waals surface area contributed by atoms with Gasteiger partial charge in [0.05, 0.1) is 0 Å². The molecule has 2 aromatic heterocycles. The van der Waals surface area contributed by atoms with Crippen molar-refractivity contribution in [2.45, 2.75) is 13.8 Å². The van der Waals surface area contributed by atoms with Gasteiger partial charge in [0.15, 0.2) is 0 Å². The molecule has 6 heteroatoms. The predicted molar refractivity (Wildman–Crippen MR) is 71.4 cm³/mol. The van der Waals surface area contributed by atoms with Crippen molar-refractivity contribution >= 4 is 22.4 Å². The van der Waals surface area contributed by atoms with Crippen LogP contribution in [0.1, 0.15) is 13.8 Å². The molecule has 1 amide bonds. The number of carbonyl (C=O) groups is 1. The molecule has 0 aliphatic rings. The summed E-state index contributed by atoms with van der Waals surface area (Å²) in [6, 6.07) is 3.74. The van der Waals surface area contributed by atoms with E-state index in [1.54, 1.807) is 24.3 Å². The van der Waals surface area contributed by atoms with Crippen LogP contribution in [0.4, 0.5) is 5.13 Å². The fourth-order valence-corrected chi connectivity index (χ4v) is 2.26. The smallest absolute Gasteiger partial charge is 0.231 e. The van der Waals surface area contributed by atoms with Gasteiger partial charge in [-0.2, -0.15) is 0 Å². The molecule has 2 aromatic rings. The van der Waals surface area contributed by atoms with Gasteiger partial charge in [-0.15, -0.1) is 10.2 Å². The van der Waals surface area contributed by atoms with Gasteiger partial charge in [-0.3, -0.25) is 14.7 Å². The highest BCUT2D eigenvalue weighted by atomic mass is 32.1. The third-order valence-electron chi connectivity index (χ3n) is 2.45. The van der Waals surface area contributed by atoms with Crippen LogP contribution in [-0.4, -0.2) is 28.1 Å². The van der Waals surface area contributed by atoms with E-state index >= 15 is 0 Å². The van der Waals surface area contributed by atoms with Crippen LogP contribution in [0.15, 0.2) is 24.5 Å². The topological polar surface area (TPSA) is 59.0 Å². The van der Waals surface area contributed by atoms with Gasteiger partial charge in [0.1, 0.15) is 5.01 Å². The number of anilines is 1. The molecule has 0 unspecified atom stereocenters. The SMILES string of the molecule is CC(C)C(=O)N(C)c1nnc(-c2ccncc2)s1. The Morgan fingerprint density at radius 2 is 1.94 bits per heavy atom. The number of rotatable bonds is 3. The van der Waals surface area contributed by atoms with Gasteiger partial charge in [0.2, 0.25) is 11.0 Å². The number of nitrogens with zero attached hydrogens (tertiary/aromatic N) is 4. The molecular weight excluding hydrogens is 248 g/mol. The van der Waals surface area contributed by atoms with E-state index in [2.05, 4.69) is 15.2 Å². The highest BCUT2D eigenvalue weighted by Crippen LogP contribution is 2.28. The van der Waals surface area contributed by atoms with Crippen molar-refractivity contribution in [3.8, 4) is 10.6 Å². The summed E-state index contributed by atoms with van der Waals surface area (Å²) in [5.74, 6) is -0.0179. The van der Waals surface area contributed by atoms with Crippen LogP contribution in [0.3, 0.4) is 0 Å². The monoisotopic (exact) mass is 262 g/mol. The van der Waals surface area contributed by atoms with Gasteiger partial charge in [0, 0.05) is 30.9 Å². The molecule has 0 aliphatic heterocycles. The van der Waals surface area contributed by atoms with E-state index in [-0.39, 0.29) is 11.8 Å². The van der Waals surface area contributed by atoms with Gasteiger partial charge >= 0.3 is 0 Å². The second-order valence-electron chi connectivity index (χ2n) is 4.18. The van der Waals surface area contributed by atoms with Crippen molar-refractivity contribution in [3.63, 3.8) is 0 Å². The molecule has 0 bridgehead atoms. The number of carbonyl (C=O) groups excluding carboxylic acids is 1. The number of aromatic nitrogens is 3. The molecule has 0 saturated heterocycles. The quantitative estimate of drug-likeness (QED) is 0.851. The van der Waals surface area contributed by atoms with Crippen molar-refractivity contribution in [2.24, 2.45) is 5.92 Å². The first-order chi connectivity index (χ1) is 8.59. The molecule has 0 aliphatic carbocycles. The molecule has 0 fully saturated rings. The van der Waals surface area contributed by atoms with Crippen LogP contribution < -0.4 is 4.90 Å². The average Bonchev–Trinajstić information content (AvgIpc) is 2.87. The first-order valence-electron chi connectivity index (χ1n) is 5.61. The second kappa shape index (κ2) is 5.22. The molecule has 0 spiro atoms. The molecule has 2 rings (SSSR count). The standard InChI is InChI=1S/C12H14N4OS/c1-8(2)11(17)16(3)12-15-14-10(18-12)9-4-6-13-7-5-9/h4-8H,1-3H3. The van der Waals surface area contributed by atoms with Gasteiger partial charge in [-0.25, -0.2) is 0 Å². The van der Waals surface area contributed by atoms with Crippen LogP contribution in [0.5, 0.6) is 0 Å². The predicted octanol–water partition coefficient (Wildman–Crippen LogP) is 2.22. The Labute approximate surface area is 110 Å². The van der Waals surface area contributed by atoms with Crippen LogP contribution >= 0.6 is 11.3 Å². The molecular formula is C12H14N4OS. The Balaban J connectivity index is 2.24. The van der Waals surface area contributed by atoms with Crippen molar-refractivity contribution in [1.29, 1.82) is 0 Å². The van der Waals surface area contributed by atoms with Crippen LogP contribution in [0.25, 0.3) is 10.6 Å². The Morgan fingerprint density at radius 1 is 1.28 bits per heavy atom. The number of amides is 1. The van der Waals surface area contributed by atoms with Gasteiger partial charge < -0.3 is 0 Å². The number of hydrogen-bond donors (Lipinski definition) is 0. The van der Waals surface area contributed by atoms with Crippen LogP contribution in [0.2, 0.25) is 0 Å². The Kier molecular flexibility index (Phi) is 3.66. The maximum absolute atomic E-state index is 11.8. The zero-order valence-electron chi connectivity index (χ0n) is 10.5. The summed E-state index contributed by atoms with van der Waals surface area (Å²) in [5, 5.41) is 9.54. The first-order valence-corrected chi connectivity index (χ1v) is 6.42. The highest BCUT2D eigenvalue weighted by Gasteiger charge is 2.18. The van der Waals surface area contributed by atoms with Gasteiger partial charge in [0.25, 0.3) is 0 Å². The van der Waals surface area contributed by atoms with Crippen LogP contribution in [-0.2, 0) is 4.79 Å². The Bertz CT molecular complexity index is 538. The van der Waals surface area contributed by atoms with Gasteiger partial charge in [-0.1, -0.05) is 25.2 Å². The average molecular weight is 262 g/mol. The van der Waals surface area contributed by atoms with E-state index < -0.39 is 0 Å². The number of pyridine rings is 1. The van der Waals surface area contributed by atoms with Crippen molar-refractivity contribution in [2.75, 3.05) is 11.9 Å². The van der Waals surface area contributed by atoms with Crippen LogP contribution in [0, 0.1) is 5.92 Å². The molecule has 0 N–H and O–H groups in total. The lowest BCUT2D eigenvalue weighted by atomic mass is 10.2. The second-order valence-corrected chi connectivity index (χ2v) is 5.13. The van der Waals surface area contributed by atoms with Gasteiger partial charge in [-0.05, 0) is 12.1 Å². The molecule has 18 heavy (non-hydrogen) atoms.